The van der Waals surface area contributed by atoms with Crippen LogP contribution in [0.1, 0.15) is 54.4 Å². The number of hydrogen-bond donors (Lipinski definition) is 0. The van der Waals surface area contributed by atoms with Gasteiger partial charge in [0.05, 0.1) is 10.5 Å². The van der Waals surface area contributed by atoms with Crippen molar-refractivity contribution in [2.75, 3.05) is 27.2 Å². The largest absolute Gasteiger partial charge is 0.452 e. The lowest BCUT2D eigenvalue weighted by Crippen LogP contribution is -2.50. The van der Waals surface area contributed by atoms with Gasteiger partial charge in [-0.15, -0.1) is 0 Å². The number of amides is 1. The lowest BCUT2D eigenvalue weighted by molar-refractivity contribution is -0.140. The van der Waals surface area contributed by atoms with Crippen molar-refractivity contribution in [2.24, 2.45) is 5.92 Å². The molecule has 0 spiro atoms. The van der Waals surface area contributed by atoms with E-state index in [0.29, 0.717) is 18.0 Å². The molecule has 0 unspecified atom stereocenters. The zero-order valence-electron chi connectivity index (χ0n) is 17.4. The quantitative estimate of drug-likeness (QED) is 0.681. The first-order chi connectivity index (χ1) is 13.7. The summed E-state index contributed by atoms with van der Waals surface area (Å²) in [6.45, 7) is 2.11. The number of rotatable bonds is 5. The Balaban J connectivity index is 1.68. The van der Waals surface area contributed by atoms with E-state index in [1.807, 2.05) is 4.90 Å². The fourth-order valence-corrected chi connectivity index (χ4v) is 5.34. The van der Waals surface area contributed by atoms with Crippen LogP contribution in [0.5, 0.6) is 0 Å². The number of sulfonamides is 1. The van der Waals surface area contributed by atoms with E-state index in [2.05, 4.69) is 0 Å². The van der Waals surface area contributed by atoms with E-state index in [9.17, 15) is 18.0 Å². The van der Waals surface area contributed by atoms with Gasteiger partial charge in [0.25, 0.3) is 5.91 Å². The molecule has 8 heteroatoms. The first-order valence-electron chi connectivity index (χ1n) is 10.2. The summed E-state index contributed by atoms with van der Waals surface area (Å²) < 4.78 is 31.1. The third-order valence-corrected chi connectivity index (χ3v) is 7.91. The van der Waals surface area contributed by atoms with Gasteiger partial charge in [0.15, 0.2) is 6.61 Å². The summed E-state index contributed by atoms with van der Waals surface area (Å²) in [5.74, 6) is -0.277. The number of aryl methyl sites for hydroxylation is 1. The Morgan fingerprint density at radius 2 is 1.83 bits per heavy atom. The molecule has 1 saturated carbocycles. The molecule has 1 aromatic carbocycles. The van der Waals surface area contributed by atoms with Crippen LogP contribution in [0.2, 0.25) is 0 Å². The average Bonchev–Trinajstić information content (AvgIpc) is 2.71. The minimum atomic E-state index is -3.66. The zero-order chi connectivity index (χ0) is 21.2. The van der Waals surface area contributed by atoms with Gasteiger partial charge in [-0.3, -0.25) is 4.79 Å². The van der Waals surface area contributed by atoms with E-state index in [-0.39, 0.29) is 29.0 Å². The second-order valence-electron chi connectivity index (χ2n) is 8.18. The Morgan fingerprint density at radius 3 is 2.55 bits per heavy atom. The van der Waals surface area contributed by atoms with Crippen LogP contribution >= 0.6 is 0 Å². The fourth-order valence-electron chi connectivity index (χ4n) is 4.41. The van der Waals surface area contributed by atoms with E-state index >= 15 is 0 Å². The van der Waals surface area contributed by atoms with Crippen molar-refractivity contribution in [1.82, 2.24) is 9.21 Å². The van der Waals surface area contributed by atoms with E-state index in [4.69, 9.17) is 4.74 Å². The highest BCUT2D eigenvalue weighted by atomic mass is 32.2. The van der Waals surface area contributed by atoms with Crippen molar-refractivity contribution >= 4 is 21.9 Å². The van der Waals surface area contributed by atoms with Crippen LogP contribution in [0.4, 0.5) is 0 Å². The monoisotopic (exact) mass is 422 g/mol. The molecule has 160 valence electrons. The number of nitrogens with zero attached hydrogens (tertiary/aromatic N) is 2. The van der Waals surface area contributed by atoms with Crippen LogP contribution in [0.15, 0.2) is 23.1 Å². The van der Waals surface area contributed by atoms with E-state index in [0.717, 1.165) is 23.6 Å². The summed E-state index contributed by atoms with van der Waals surface area (Å²) in [4.78, 5) is 27.2. The lowest BCUT2D eigenvalue weighted by Gasteiger charge is -2.44. The van der Waals surface area contributed by atoms with Crippen LogP contribution in [-0.2, 0) is 19.6 Å². The Kier molecular flexibility index (Phi) is 6.63. The summed E-state index contributed by atoms with van der Waals surface area (Å²) in [6.07, 6.45) is 6.71. The smallest absolute Gasteiger partial charge is 0.338 e. The average molecular weight is 423 g/mol. The van der Waals surface area contributed by atoms with Crippen LogP contribution < -0.4 is 0 Å². The summed E-state index contributed by atoms with van der Waals surface area (Å²) in [5.41, 5.74) is 0.764. The maximum atomic E-state index is 12.7. The van der Waals surface area contributed by atoms with Crippen molar-refractivity contribution in [3.05, 3.63) is 29.3 Å². The Labute approximate surface area is 173 Å². The molecule has 1 aromatic rings. The molecule has 0 N–H and O–H groups in total. The molecule has 7 nitrogen and oxygen atoms in total. The van der Waals surface area contributed by atoms with Crippen LogP contribution in [0, 0.1) is 12.8 Å². The van der Waals surface area contributed by atoms with Gasteiger partial charge < -0.3 is 9.64 Å². The summed E-state index contributed by atoms with van der Waals surface area (Å²) in [6, 6.07) is 4.62. The van der Waals surface area contributed by atoms with Crippen LogP contribution in [-0.4, -0.2) is 62.8 Å². The van der Waals surface area contributed by atoms with Crippen LogP contribution in [0.25, 0.3) is 0 Å². The highest BCUT2D eigenvalue weighted by Crippen LogP contribution is 2.35. The molecule has 1 amide bonds. The second kappa shape index (κ2) is 8.83. The van der Waals surface area contributed by atoms with Crippen molar-refractivity contribution in [3.8, 4) is 0 Å². The molecule has 29 heavy (non-hydrogen) atoms. The highest BCUT2D eigenvalue weighted by molar-refractivity contribution is 7.89. The van der Waals surface area contributed by atoms with Gasteiger partial charge in [0.2, 0.25) is 10.0 Å². The van der Waals surface area contributed by atoms with Crippen molar-refractivity contribution in [1.29, 1.82) is 0 Å². The van der Waals surface area contributed by atoms with Gasteiger partial charge in [-0.1, -0.05) is 18.9 Å². The Hall–Kier alpha value is -1.93. The Bertz CT molecular complexity index is 879. The molecule has 2 atom stereocenters. The molecule has 3 rings (SSSR count). The van der Waals surface area contributed by atoms with Gasteiger partial charge >= 0.3 is 5.97 Å². The van der Waals surface area contributed by atoms with Gasteiger partial charge in [-0.2, -0.15) is 0 Å². The van der Waals surface area contributed by atoms with Gasteiger partial charge in [-0.05, 0) is 56.2 Å². The first kappa shape index (κ1) is 21.8. The van der Waals surface area contributed by atoms with Crippen molar-refractivity contribution < 1.29 is 22.7 Å². The predicted octanol–water partition coefficient (Wildman–Crippen LogP) is 2.58. The van der Waals surface area contributed by atoms with Crippen molar-refractivity contribution in [3.63, 3.8) is 0 Å². The van der Waals surface area contributed by atoms with E-state index < -0.39 is 16.0 Å². The second-order valence-corrected chi connectivity index (χ2v) is 10.3. The molecular weight excluding hydrogens is 392 g/mol. The molecule has 0 bridgehead atoms. The minimum absolute atomic E-state index is 0.0208. The Morgan fingerprint density at radius 1 is 1.14 bits per heavy atom. The van der Waals surface area contributed by atoms with Gasteiger partial charge in [0.1, 0.15) is 0 Å². The molecule has 0 radical (unpaired) electrons. The number of esters is 1. The molecule has 1 aliphatic carbocycles. The molecule has 2 fully saturated rings. The number of carbonyl (C=O) groups is 2. The zero-order valence-corrected chi connectivity index (χ0v) is 18.2. The normalized spacial score (nSPS) is 22.3. The predicted molar refractivity (Wildman–Crippen MR) is 109 cm³/mol. The SMILES string of the molecule is Cc1ccc(S(=O)(=O)N(C)C)cc1C(=O)OCC(=O)N1CCC[C@@H]2CCCC[C@@H]21. The molecule has 2 aliphatic rings. The standard InChI is InChI=1S/C21H30N2O5S/c1-15-10-11-17(29(26,27)22(2)3)13-18(15)21(25)28-14-20(24)23-12-6-8-16-7-4-5-9-19(16)23/h10-11,13,16,19H,4-9,12,14H2,1-3H3/t16-,19-/m0/s1. The molecule has 1 heterocycles. The fraction of sp³-hybridized carbons (Fsp3) is 0.619. The van der Waals surface area contributed by atoms with E-state index in [1.54, 1.807) is 13.0 Å². The highest BCUT2D eigenvalue weighted by Gasteiger charge is 2.36. The van der Waals surface area contributed by atoms with Gasteiger partial charge in [0, 0.05) is 26.7 Å². The number of fused-ring (bicyclic) bond motifs is 1. The van der Waals surface area contributed by atoms with Gasteiger partial charge in [-0.25, -0.2) is 17.5 Å². The third kappa shape index (κ3) is 4.64. The molecular formula is C21H30N2O5S. The van der Waals surface area contributed by atoms with Crippen LogP contribution in [0.3, 0.4) is 0 Å². The maximum absolute atomic E-state index is 12.7. The summed E-state index contributed by atoms with van der Waals surface area (Å²) >= 11 is 0. The topological polar surface area (TPSA) is 84.0 Å². The number of piperidine rings is 1. The van der Waals surface area contributed by atoms with E-state index in [1.165, 1.54) is 45.5 Å². The summed E-state index contributed by atoms with van der Waals surface area (Å²) in [7, 11) is -0.794. The molecule has 1 saturated heterocycles. The minimum Gasteiger partial charge on any atom is -0.452 e. The number of hydrogen-bond acceptors (Lipinski definition) is 5. The molecule has 1 aliphatic heterocycles. The molecule has 0 aromatic heterocycles. The van der Waals surface area contributed by atoms with Crippen molar-refractivity contribution in [2.45, 2.75) is 56.4 Å². The lowest BCUT2D eigenvalue weighted by atomic mass is 9.78. The maximum Gasteiger partial charge on any atom is 0.338 e. The number of likely N-dealkylation sites (tertiary alicyclic amines) is 1. The third-order valence-electron chi connectivity index (χ3n) is 6.10. The summed E-state index contributed by atoms with van der Waals surface area (Å²) in [5, 5.41) is 0. The number of carbonyl (C=O) groups excluding carboxylic acids is 2. The number of ether oxygens (including phenoxy) is 1. The number of benzene rings is 1. The first-order valence-corrected chi connectivity index (χ1v) is 11.7.